The van der Waals surface area contributed by atoms with Crippen molar-refractivity contribution in [2.45, 2.75) is 18.6 Å². The van der Waals surface area contributed by atoms with E-state index >= 15 is 0 Å². The van der Waals surface area contributed by atoms with E-state index in [-0.39, 0.29) is 12.3 Å². The normalized spacial score (nSPS) is 12.5. The van der Waals surface area contributed by atoms with Crippen LogP contribution in [0.4, 0.5) is 5.69 Å². The van der Waals surface area contributed by atoms with Crippen LogP contribution in [0.1, 0.15) is 18.1 Å². The number of nitro groups is 1. The number of benzene rings is 1. The molecule has 0 amide bonds. The van der Waals surface area contributed by atoms with Crippen LogP contribution in [0.3, 0.4) is 0 Å². The number of aliphatic carboxylic acids is 2. The summed E-state index contributed by atoms with van der Waals surface area (Å²) >= 11 is 0. The van der Waals surface area contributed by atoms with Crippen LogP contribution in [0.25, 0.3) is 0 Å². The molecule has 2 atom stereocenters. The minimum Gasteiger partial charge on any atom is -0.481 e. The Labute approximate surface area is 124 Å². The monoisotopic (exact) mass is 316 g/mol. The molecule has 1 rings (SSSR count). The highest BCUT2D eigenvalue weighted by molar-refractivity contribution is 5.88. The molecule has 0 aliphatic carbocycles. The van der Waals surface area contributed by atoms with E-state index in [1.807, 2.05) is 0 Å². The largest absolute Gasteiger partial charge is 0.481 e. The number of aliphatic hydroxyl groups is 2. The SMILES string of the molecule is NC(CO)C(O)c1ccc([N+](=O)[O-])cc1.O=C(O)CC(=O)O. The number of nitrogens with two attached hydrogens (primary N) is 1. The number of nitrogens with zero attached hydrogens (tertiary/aromatic N) is 1. The van der Waals surface area contributed by atoms with Gasteiger partial charge in [0, 0.05) is 12.1 Å². The first-order valence-corrected chi connectivity index (χ1v) is 5.91. The number of hydrogen-bond donors (Lipinski definition) is 5. The lowest BCUT2D eigenvalue weighted by Gasteiger charge is -2.16. The Morgan fingerprint density at radius 3 is 1.91 bits per heavy atom. The molecule has 0 radical (unpaired) electrons. The van der Waals surface area contributed by atoms with Crippen molar-refractivity contribution in [3.05, 3.63) is 39.9 Å². The van der Waals surface area contributed by atoms with Gasteiger partial charge in [0.2, 0.25) is 0 Å². The van der Waals surface area contributed by atoms with Gasteiger partial charge in [-0.25, -0.2) is 0 Å². The molecule has 122 valence electrons. The van der Waals surface area contributed by atoms with E-state index in [1.165, 1.54) is 24.3 Å². The highest BCUT2D eigenvalue weighted by Crippen LogP contribution is 2.19. The van der Waals surface area contributed by atoms with Crippen molar-refractivity contribution in [2.24, 2.45) is 5.73 Å². The molecule has 1 aromatic rings. The van der Waals surface area contributed by atoms with Crippen LogP contribution in [-0.4, -0.2) is 49.9 Å². The molecule has 22 heavy (non-hydrogen) atoms. The first kappa shape index (κ1) is 19.4. The minimum absolute atomic E-state index is 0.0523. The molecule has 2 unspecified atom stereocenters. The van der Waals surface area contributed by atoms with Crippen molar-refractivity contribution in [2.75, 3.05) is 6.61 Å². The van der Waals surface area contributed by atoms with Gasteiger partial charge in [-0.05, 0) is 17.7 Å². The molecule has 0 aliphatic heterocycles. The third-order valence-electron chi connectivity index (χ3n) is 2.36. The molecule has 0 aromatic heterocycles. The lowest BCUT2D eigenvalue weighted by atomic mass is 10.0. The van der Waals surface area contributed by atoms with Gasteiger partial charge in [-0.3, -0.25) is 19.7 Å². The van der Waals surface area contributed by atoms with Crippen molar-refractivity contribution in [1.29, 1.82) is 0 Å². The first-order valence-electron chi connectivity index (χ1n) is 5.91. The fourth-order valence-corrected chi connectivity index (χ4v) is 1.27. The van der Waals surface area contributed by atoms with E-state index in [2.05, 4.69) is 0 Å². The topological polar surface area (TPSA) is 184 Å². The fraction of sp³-hybridized carbons (Fsp3) is 0.333. The van der Waals surface area contributed by atoms with Crippen LogP contribution >= 0.6 is 0 Å². The second-order valence-corrected chi connectivity index (χ2v) is 4.10. The predicted octanol–water partition coefficient (Wildman–Crippen LogP) is -0.506. The lowest BCUT2D eigenvalue weighted by molar-refractivity contribution is -0.384. The van der Waals surface area contributed by atoms with Gasteiger partial charge in [0.25, 0.3) is 5.69 Å². The van der Waals surface area contributed by atoms with Crippen LogP contribution in [0.2, 0.25) is 0 Å². The third-order valence-corrected chi connectivity index (χ3v) is 2.36. The van der Waals surface area contributed by atoms with Gasteiger partial charge in [0.15, 0.2) is 0 Å². The van der Waals surface area contributed by atoms with E-state index in [0.29, 0.717) is 5.56 Å². The van der Waals surface area contributed by atoms with Gasteiger partial charge in [-0.2, -0.15) is 0 Å². The van der Waals surface area contributed by atoms with Gasteiger partial charge in [-0.15, -0.1) is 0 Å². The summed E-state index contributed by atoms with van der Waals surface area (Å²) < 4.78 is 0. The summed E-state index contributed by atoms with van der Waals surface area (Å²) in [6.45, 7) is -0.349. The van der Waals surface area contributed by atoms with Crippen LogP contribution in [0.15, 0.2) is 24.3 Å². The number of hydrogen-bond acceptors (Lipinski definition) is 7. The molecule has 0 spiro atoms. The zero-order chi connectivity index (χ0) is 17.3. The van der Waals surface area contributed by atoms with E-state index < -0.39 is 35.4 Å². The van der Waals surface area contributed by atoms with E-state index in [4.69, 9.17) is 21.1 Å². The Bertz CT molecular complexity index is 504. The molecule has 0 heterocycles. The van der Waals surface area contributed by atoms with Crippen LogP contribution in [-0.2, 0) is 9.59 Å². The molecule has 0 aliphatic rings. The number of carboxylic acid groups (broad SMARTS) is 2. The van der Waals surface area contributed by atoms with Crippen molar-refractivity contribution < 1.29 is 34.9 Å². The van der Waals surface area contributed by atoms with Crippen molar-refractivity contribution >= 4 is 17.6 Å². The highest BCUT2D eigenvalue weighted by atomic mass is 16.6. The standard InChI is InChI=1S/C9H12N2O4.C3H4O4/c10-8(5-12)9(13)6-1-3-7(4-2-6)11(14)15;4-2(5)1-3(6)7/h1-4,8-9,12-13H,5,10H2;1H2,(H,4,5)(H,6,7). The van der Waals surface area contributed by atoms with E-state index in [0.717, 1.165) is 0 Å². The van der Waals surface area contributed by atoms with Crippen LogP contribution in [0.5, 0.6) is 0 Å². The summed E-state index contributed by atoms with van der Waals surface area (Å²) in [7, 11) is 0. The number of non-ortho nitro benzene ring substituents is 1. The summed E-state index contributed by atoms with van der Waals surface area (Å²) in [6, 6.07) is 4.61. The maximum atomic E-state index is 10.4. The molecule has 0 saturated carbocycles. The zero-order valence-corrected chi connectivity index (χ0v) is 11.3. The smallest absolute Gasteiger partial charge is 0.314 e. The quantitative estimate of drug-likeness (QED) is 0.262. The van der Waals surface area contributed by atoms with Crippen LogP contribution < -0.4 is 5.73 Å². The molecule has 10 nitrogen and oxygen atoms in total. The van der Waals surface area contributed by atoms with Gasteiger partial charge in [-0.1, -0.05) is 0 Å². The van der Waals surface area contributed by atoms with E-state index in [1.54, 1.807) is 0 Å². The lowest BCUT2D eigenvalue weighted by Crippen LogP contribution is -2.31. The molecular formula is C12H16N2O8. The average Bonchev–Trinajstić information content (AvgIpc) is 2.45. The summed E-state index contributed by atoms with van der Waals surface area (Å²) in [5.41, 5.74) is 5.81. The number of carboxylic acids is 2. The molecule has 0 fully saturated rings. The van der Waals surface area contributed by atoms with Gasteiger partial charge in [0.1, 0.15) is 6.42 Å². The van der Waals surface area contributed by atoms with Crippen molar-refractivity contribution in [3.8, 4) is 0 Å². The first-order chi connectivity index (χ1) is 10.2. The fourth-order valence-electron chi connectivity index (χ4n) is 1.27. The summed E-state index contributed by atoms with van der Waals surface area (Å²) in [5.74, 6) is -2.62. The zero-order valence-electron chi connectivity index (χ0n) is 11.3. The Balaban J connectivity index is 0.000000534. The van der Waals surface area contributed by atoms with E-state index in [9.17, 15) is 24.8 Å². The Morgan fingerprint density at radius 1 is 1.18 bits per heavy atom. The molecule has 6 N–H and O–H groups in total. The summed E-state index contributed by atoms with van der Waals surface area (Å²) in [4.78, 5) is 28.7. The Kier molecular flexibility index (Phi) is 8.30. The maximum absolute atomic E-state index is 10.4. The second kappa shape index (κ2) is 9.39. The number of nitro benzene ring substituents is 1. The predicted molar refractivity (Wildman–Crippen MR) is 73.0 cm³/mol. The highest BCUT2D eigenvalue weighted by Gasteiger charge is 2.16. The minimum atomic E-state index is -1.31. The van der Waals surface area contributed by atoms with Crippen LogP contribution in [0, 0.1) is 10.1 Å². The maximum Gasteiger partial charge on any atom is 0.314 e. The van der Waals surface area contributed by atoms with Crippen molar-refractivity contribution in [3.63, 3.8) is 0 Å². The number of carbonyl (C=O) groups is 2. The van der Waals surface area contributed by atoms with Crippen molar-refractivity contribution in [1.82, 2.24) is 0 Å². The second-order valence-electron chi connectivity index (χ2n) is 4.10. The average molecular weight is 316 g/mol. The molecule has 0 bridgehead atoms. The molecule has 10 heteroatoms. The number of rotatable bonds is 6. The third kappa shape index (κ3) is 7.28. The Hall–Kier alpha value is -2.56. The summed E-state index contributed by atoms with van der Waals surface area (Å²) in [5, 5.41) is 44.0. The molecular weight excluding hydrogens is 300 g/mol. The summed E-state index contributed by atoms with van der Waals surface area (Å²) in [6.07, 6.45) is -1.82. The molecule has 1 aromatic carbocycles. The van der Waals surface area contributed by atoms with Gasteiger partial charge in [0.05, 0.1) is 23.7 Å². The van der Waals surface area contributed by atoms with Gasteiger partial charge >= 0.3 is 11.9 Å². The molecule has 0 saturated heterocycles. The Morgan fingerprint density at radius 2 is 1.64 bits per heavy atom. The van der Waals surface area contributed by atoms with Gasteiger partial charge < -0.3 is 26.2 Å². The number of aliphatic hydroxyl groups excluding tert-OH is 2.